The van der Waals surface area contributed by atoms with Crippen LogP contribution in [0.5, 0.6) is 0 Å². The summed E-state index contributed by atoms with van der Waals surface area (Å²) in [4.78, 5) is -0.725. The highest BCUT2D eigenvalue weighted by atomic mass is 127. The summed E-state index contributed by atoms with van der Waals surface area (Å²) in [6.07, 6.45) is -3.28. The van der Waals surface area contributed by atoms with Crippen molar-refractivity contribution in [1.82, 2.24) is 4.72 Å². The molecule has 0 fully saturated rings. The molecule has 0 aliphatic heterocycles. The van der Waals surface area contributed by atoms with E-state index in [-0.39, 0.29) is 6.54 Å². The van der Waals surface area contributed by atoms with Crippen LogP contribution in [0, 0.1) is 0 Å². The third kappa shape index (κ3) is 4.92. The second-order valence-corrected chi connectivity index (χ2v) is 6.60. The van der Waals surface area contributed by atoms with Gasteiger partial charge in [-0.05, 0) is 29.4 Å². The van der Waals surface area contributed by atoms with E-state index in [9.17, 15) is 21.6 Å². The number of unbranched alkanes of at least 4 members (excludes halogenated alkanes) is 1. The van der Waals surface area contributed by atoms with Gasteiger partial charge in [0, 0.05) is 6.54 Å². The molecule has 0 saturated heterocycles. The highest BCUT2D eigenvalue weighted by Crippen LogP contribution is 2.33. The van der Waals surface area contributed by atoms with Crippen LogP contribution in [0.15, 0.2) is 29.2 Å². The molecule has 19 heavy (non-hydrogen) atoms. The van der Waals surface area contributed by atoms with Crippen LogP contribution in [-0.2, 0) is 16.2 Å². The number of rotatable bonds is 6. The van der Waals surface area contributed by atoms with Crippen LogP contribution in [0.1, 0.15) is 18.4 Å². The number of benzene rings is 1. The van der Waals surface area contributed by atoms with Gasteiger partial charge in [-0.3, -0.25) is 0 Å². The fourth-order valence-electron chi connectivity index (χ4n) is 1.44. The molecule has 0 atom stereocenters. The maximum atomic E-state index is 12.7. The first-order valence-electron chi connectivity index (χ1n) is 5.51. The van der Waals surface area contributed by atoms with Crippen molar-refractivity contribution >= 4 is 32.6 Å². The predicted molar refractivity (Wildman–Crippen MR) is 74.8 cm³/mol. The summed E-state index contributed by atoms with van der Waals surface area (Å²) < 4.78 is 65.0. The molecule has 1 rings (SSSR count). The highest BCUT2D eigenvalue weighted by molar-refractivity contribution is 14.1. The minimum absolute atomic E-state index is 0.136. The molecule has 0 heterocycles. The van der Waals surface area contributed by atoms with Crippen molar-refractivity contribution in [2.75, 3.05) is 11.0 Å². The van der Waals surface area contributed by atoms with E-state index in [1.807, 2.05) is 0 Å². The maximum absolute atomic E-state index is 12.7. The summed E-state index contributed by atoms with van der Waals surface area (Å²) in [5.74, 6) is 0. The van der Waals surface area contributed by atoms with Crippen LogP contribution in [0.3, 0.4) is 0 Å². The summed E-state index contributed by atoms with van der Waals surface area (Å²) in [7, 11) is -4.13. The van der Waals surface area contributed by atoms with E-state index < -0.39 is 26.7 Å². The lowest BCUT2D eigenvalue weighted by atomic mass is 10.2. The van der Waals surface area contributed by atoms with Gasteiger partial charge >= 0.3 is 6.18 Å². The van der Waals surface area contributed by atoms with Crippen molar-refractivity contribution in [3.8, 4) is 0 Å². The van der Waals surface area contributed by atoms with E-state index in [2.05, 4.69) is 27.3 Å². The van der Waals surface area contributed by atoms with E-state index in [0.717, 1.165) is 29.0 Å². The Morgan fingerprint density at radius 3 is 2.37 bits per heavy atom. The normalized spacial score (nSPS) is 12.6. The van der Waals surface area contributed by atoms with E-state index in [4.69, 9.17) is 0 Å². The van der Waals surface area contributed by atoms with Crippen LogP contribution in [0.4, 0.5) is 13.2 Å². The lowest BCUT2D eigenvalue weighted by Crippen LogP contribution is -2.27. The number of halogens is 4. The summed E-state index contributed by atoms with van der Waals surface area (Å²) >= 11 is 2.15. The number of nitrogens with one attached hydrogen (secondary N) is 1. The first-order valence-corrected chi connectivity index (χ1v) is 8.52. The van der Waals surface area contributed by atoms with Gasteiger partial charge in [0.25, 0.3) is 0 Å². The lowest BCUT2D eigenvalue weighted by Gasteiger charge is -2.13. The summed E-state index contributed by atoms with van der Waals surface area (Å²) in [5, 5.41) is 0. The standard InChI is InChI=1S/C11H13F3INO2S/c12-11(13,14)9-5-1-2-6-10(9)19(17,18)16-8-4-3-7-15/h1-2,5-6,16H,3-4,7-8H2. The number of hydrogen-bond acceptors (Lipinski definition) is 2. The van der Waals surface area contributed by atoms with Crippen molar-refractivity contribution in [2.45, 2.75) is 23.9 Å². The van der Waals surface area contributed by atoms with Gasteiger partial charge in [-0.2, -0.15) is 13.2 Å². The minimum Gasteiger partial charge on any atom is -0.211 e. The van der Waals surface area contributed by atoms with Crippen LogP contribution >= 0.6 is 22.6 Å². The largest absolute Gasteiger partial charge is 0.417 e. The third-order valence-corrected chi connectivity index (χ3v) is 4.62. The topological polar surface area (TPSA) is 46.2 Å². The van der Waals surface area contributed by atoms with Crippen molar-refractivity contribution in [3.63, 3.8) is 0 Å². The smallest absolute Gasteiger partial charge is 0.211 e. The highest BCUT2D eigenvalue weighted by Gasteiger charge is 2.36. The Morgan fingerprint density at radius 2 is 1.79 bits per heavy atom. The van der Waals surface area contributed by atoms with E-state index in [1.165, 1.54) is 6.07 Å². The molecule has 0 spiro atoms. The van der Waals surface area contributed by atoms with Gasteiger partial charge in [0.2, 0.25) is 10.0 Å². The Bertz CT molecular complexity index is 517. The lowest BCUT2D eigenvalue weighted by molar-refractivity contribution is -0.139. The van der Waals surface area contributed by atoms with E-state index in [1.54, 1.807) is 0 Å². The third-order valence-electron chi connectivity index (χ3n) is 2.33. The van der Waals surface area contributed by atoms with Crippen LogP contribution in [0.2, 0.25) is 0 Å². The van der Waals surface area contributed by atoms with Crippen molar-refractivity contribution in [1.29, 1.82) is 0 Å². The van der Waals surface area contributed by atoms with Gasteiger partial charge in [-0.25, -0.2) is 13.1 Å². The molecule has 0 aliphatic carbocycles. The van der Waals surface area contributed by atoms with Gasteiger partial charge in [0.1, 0.15) is 0 Å². The average molecular weight is 407 g/mol. The monoisotopic (exact) mass is 407 g/mol. The summed E-state index contributed by atoms with van der Waals surface area (Å²) in [6.45, 7) is 0.136. The summed E-state index contributed by atoms with van der Waals surface area (Å²) in [5.41, 5.74) is -1.14. The zero-order valence-corrected chi connectivity index (χ0v) is 12.8. The van der Waals surface area contributed by atoms with Gasteiger partial charge in [-0.1, -0.05) is 34.7 Å². The van der Waals surface area contributed by atoms with Crippen LogP contribution < -0.4 is 4.72 Å². The minimum atomic E-state index is -4.69. The number of alkyl halides is 4. The van der Waals surface area contributed by atoms with Crippen LogP contribution in [0.25, 0.3) is 0 Å². The Labute approximate surface area is 123 Å². The van der Waals surface area contributed by atoms with Gasteiger partial charge < -0.3 is 0 Å². The Morgan fingerprint density at radius 1 is 1.16 bits per heavy atom. The molecule has 1 N–H and O–H groups in total. The molecule has 0 saturated carbocycles. The second-order valence-electron chi connectivity index (χ2n) is 3.79. The van der Waals surface area contributed by atoms with E-state index in [0.29, 0.717) is 6.42 Å². The number of hydrogen-bond donors (Lipinski definition) is 1. The van der Waals surface area contributed by atoms with Gasteiger partial charge in [-0.15, -0.1) is 0 Å². The molecule has 0 aromatic heterocycles. The molecule has 0 unspecified atom stereocenters. The van der Waals surface area contributed by atoms with Gasteiger partial charge in [0.05, 0.1) is 10.5 Å². The molecule has 3 nitrogen and oxygen atoms in total. The molecule has 0 amide bonds. The molecule has 0 bridgehead atoms. The first-order chi connectivity index (χ1) is 8.79. The first kappa shape index (κ1) is 16.7. The molecule has 0 radical (unpaired) electrons. The SMILES string of the molecule is O=S(=O)(NCCCCI)c1ccccc1C(F)(F)F. The summed E-state index contributed by atoms with van der Waals surface area (Å²) in [6, 6.07) is 4.16. The second kappa shape index (κ2) is 6.89. The molecular weight excluding hydrogens is 394 g/mol. The predicted octanol–water partition coefficient (Wildman–Crippen LogP) is 3.20. The molecule has 1 aromatic carbocycles. The Kier molecular flexibility index (Phi) is 6.06. The molecule has 8 heteroatoms. The quantitative estimate of drug-likeness (QED) is 0.448. The van der Waals surface area contributed by atoms with Gasteiger partial charge in [0.15, 0.2) is 0 Å². The molecule has 108 valence electrons. The van der Waals surface area contributed by atoms with Crippen molar-refractivity contribution < 1.29 is 21.6 Å². The maximum Gasteiger partial charge on any atom is 0.417 e. The molecule has 1 aromatic rings. The number of sulfonamides is 1. The Balaban J connectivity index is 2.96. The van der Waals surface area contributed by atoms with Crippen molar-refractivity contribution in [3.05, 3.63) is 29.8 Å². The average Bonchev–Trinajstić information content (AvgIpc) is 2.34. The van der Waals surface area contributed by atoms with E-state index >= 15 is 0 Å². The molecular formula is C11H13F3INO2S. The fourth-order valence-corrected chi connectivity index (χ4v) is 3.28. The van der Waals surface area contributed by atoms with Crippen LogP contribution in [-0.4, -0.2) is 19.4 Å². The van der Waals surface area contributed by atoms with Crippen molar-refractivity contribution in [2.24, 2.45) is 0 Å². The fraction of sp³-hybridized carbons (Fsp3) is 0.455. The zero-order chi connectivity index (χ0) is 14.5. The Hall–Kier alpha value is -0.350. The zero-order valence-electron chi connectivity index (χ0n) is 9.87. The molecule has 0 aliphatic rings.